The zero-order chi connectivity index (χ0) is 40.5. The molecule has 1 aliphatic carbocycles. The van der Waals surface area contributed by atoms with Gasteiger partial charge in [0.05, 0.1) is 44.5 Å². The molecule has 8 rings (SSSR count). The lowest BCUT2D eigenvalue weighted by Crippen LogP contribution is -2.35. The number of aryl methyl sites for hydroxylation is 1. The number of nitrogens with one attached hydrogen (secondary N) is 4. The number of hydrazine groups is 1. The average molecular weight is 832 g/mol. The fourth-order valence-corrected chi connectivity index (χ4v) is 8.15. The molecule has 57 heavy (non-hydrogen) atoms. The molecule has 0 radical (unpaired) electrons. The van der Waals surface area contributed by atoms with Gasteiger partial charge in [0.2, 0.25) is 11.7 Å². The van der Waals surface area contributed by atoms with Crippen LogP contribution >= 0.6 is 11.6 Å². The van der Waals surface area contributed by atoms with Crippen LogP contribution in [0.2, 0.25) is 5.02 Å². The van der Waals surface area contributed by atoms with Gasteiger partial charge in [0, 0.05) is 61.6 Å². The number of anilines is 1. The van der Waals surface area contributed by atoms with Crippen molar-refractivity contribution in [2.45, 2.75) is 44.2 Å². The molecule has 13 nitrogen and oxygen atoms in total. The maximum absolute atomic E-state index is 15.0. The number of aromatic amines is 1. The standard InChI is InChI=1S/C36H32ClF6N11O2S/c1-52-14-17(13-44-52)33-46-25-12-22(20-4-5-23(37)27-30(20)53(2)50-35(27)51-57(3)56)28(47-34(25)48-33)24(10-16-8-18(38)11-19(39)9-16)45-26(55)15-54-31-21(6-7-36(31,42)43)29(49-54)32(40)41/h4-5,8-9,11-12,14,24,32,44H,6-7,10,13,15H2,1-3H3,(H,45,55)(H,50,51)(H,46,47,48). The third-order valence-electron chi connectivity index (χ3n) is 9.79. The number of rotatable bonds is 11. The van der Waals surface area contributed by atoms with Gasteiger partial charge >= 0.3 is 0 Å². The highest BCUT2D eigenvalue weighted by molar-refractivity contribution is 7.92. The van der Waals surface area contributed by atoms with Crippen LogP contribution in [-0.2, 0) is 48.5 Å². The van der Waals surface area contributed by atoms with E-state index in [2.05, 4.69) is 30.6 Å². The highest BCUT2D eigenvalue weighted by Crippen LogP contribution is 2.45. The van der Waals surface area contributed by atoms with Crippen LogP contribution in [0.15, 0.2) is 42.6 Å². The summed E-state index contributed by atoms with van der Waals surface area (Å²) in [5, 5.41) is 13.4. The van der Waals surface area contributed by atoms with Gasteiger partial charge in [0.15, 0.2) is 5.65 Å². The number of aromatic nitrogens is 7. The number of fused-ring (bicyclic) bond motifs is 3. The number of hydrogen-bond acceptors (Lipinski definition) is 9. The molecule has 2 aromatic carbocycles. The molecule has 2 unspecified atom stereocenters. The number of H-pyrrole nitrogens is 1. The summed E-state index contributed by atoms with van der Waals surface area (Å²) in [5.74, 6) is -5.52. The molecule has 0 fully saturated rings. The number of nitrogens with zero attached hydrogens (tertiary/aromatic N) is 7. The van der Waals surface area contributed by atoms with E-state index in [0.717, 1.165) is 17.7 Å². The quantitative estimate of drug-likeness (QED) is 0.0881. The monoisotopic (exact) mass is 831 g/mol. The van der Waals surface area contributed by atoms with Gasteiger partial charge in [0.1, 0.15) is 41.6 Å². The second-order valence-corrected chi connectivity index (χ2v) is 15.3. The van der Waals surface area contributed by atoms with E-state index in [1.165, 1.54) is 10.9 Å². The molecule has 0 bridgehead atoms. The lowest BCUT2D eigenvalue weighted by Gasteiger charge is -2.23. The number of imidazole rings is 1. The van der Waals surface area contributed by atoms with Crippen LogP contribution < -0.4 is 15.5 Å². The minimum atomic E-state index is -3.51. The summed E-state index contributed by atoms with van der Waals surface area (Å²) in [4.78, 5) is 26.9. The van der Waals surface area contributed by atoms with E-state index >= 15 is 8.78 Å². The van der Waals surface area contributed by atoms with Crippen molar-refractivity contribution in [1.29, 1.82) is 0 Å². The number of pyridine rings is 1. The Bertz CT molecular complexity index is 2590. The number of carbonyl (C=O) groups is 1. The van der Waals surface area contributed by atoms with Crippen molar-refractivity contribution in [3.8, 4) is 11.1 Å². The molecule has 4 N–H and O–H groups in total. The van der Waals surface area contributed by atoms with Gasteiger partial charge < -0.3 is 19.9 Å². The Morgan fingerprint density at radius 2 is 1.82 bits per heavy atom. The number of benzene rings is 2. The summed E-state index contributed by atoms with van der Waals surface area (Å²) in [5.41, 5.74) is 4.25. The fourth-order valence-electron chi connectivity index (χ4n) is 7.49. The molecule has 6 aromatic rings. The predicted molar refractivity (Wildman–Crippen MR) is 200 cm³/mol. The molecule has 4 aromatic heterocycles. The zero-order valence-corrected chi connectivity index (χ0v) is 31.8. The first kappa shape index (κ1) is 38.6. The van der Waals surface area contributed by atoms with Gasteiger partial charge in [-0.1, -0.05) is 17.7 Å². The Morgan fingerprint density at radius 3 is 2.51 bits per heavy atom. The van der Waals surface area contributed by atoms with E-state index in [-0.39, 0.29) is 46.2 Å². The highest BCUT2D eigenvalue weighted by atomic mass is 35.5. The Hall–Kier alpha value is -5.31. The Balaban J connectivity index is 1.31. The van der Waals surface area contributed by atoms with Crippen LogP contribution in [0.25, 0.3) is 38.8 Å². The summed E-state index contributed by atoms with van der Waals surface area (Å²) in [7, 11) is 3.46. The summed E-state index contributed by atoms with van der Waals surface area (Å²) in [6.45, 7) is -0.432. The molecule has 2 atom stereocenters. The molecule has 0 saturated carbocycles. The molecule has 1 amide bonds. The molecule has 1 aliphatic heterocycles. The molecule has 298 valence electrons. The van der Waals surface area contributed by atoms with Crippen molar-refractivity contribution in [2.24, 2.45) is 7.05 Å². The lowest BCUT2D eigenvalue weighted by molar-refractivity contribution is -0.122. The number of amides is 1. The van der Waals surface area contributed by atoms with E-state index in [0.29, 0.717) is 50.7 Å². The predicted octanol–water partition coefficient (Wildman–Crippen LogP) is 6.21. The van der Waals surface area contributed by atoms with Crippen molar-refractivity contribution in [3.05, 3.63) is 93.3 Å². The van der Waals surface area contributed by atoms with Crippen molar-refractivity contribution < 1.29 is 35.7 Å². The van der Waals surface area contributed by atoms with Crippen LogP contribution in [0.1, 0.15) is 52.9 Å². The summed E-state index contributed by atoms with van der Waals surface area (Å²) < 4.78 is 104. The van der Waals surface area contributed by atoms with Gasteiger partial charge in [-0.15, -0.1) is 0 Å². The van der Waals surface area contributed by atoms with E-state index in [1.54, 1.807) is 30.3 Å². The fraction of sp³-hybridized carbons (Fsp3) is 0.306. The largest absolute Gasteiger partial charge is 0.593 e. The van der Waals surface area contributed by atoms with Gasteiger partial charge in [-0.3, -0.25) is 14.2 Å². The van der Waals surface area contributed by atoms with Gasteiger partial charge in [-0.05, 0) is 42.7 Å². The first-order chi connectivity index (χ1) is 27.1. The highest BCUT2D eigenvalue weighted by Gasteiger charge is 2.46. The topological polar surface area (TPSA) is 157 Å². The Morgan fingerprint density at radius 1 is 1.07 bits per heavy atom. The molecule has 0 saturated heterocycles. The van der Waals surface area contributed by atoms with Gasteiger partial charge in [0.25, 0.3) is 12.3 Å². The van der Waals surface area contributed by atoms with Crippen LogP contribution in [0.3, 0.4) is 0 Å². The van der Waals surface area contributed by atoms with E-state index < -0.39 is 71.6 Å². The second kappa shape index (κ2) is 14.6. The normalized spacial score (nSPS) is 16.1. The number of halogens is 7. The van der Waals surface area contributed by atoms with E-state index in [4.69, 9.17) is 21.6 Å². The maximum atomic E-state index is 15.0. The van der Waals surface area contributed by atoms with E-state index in [9.17, 15) is 26.9 Å². The minimum Gasteiger partial charge on any atom is -0.593 e. The maximum Gasteiger partial charge on any atom is 0.290 e. The zero-order valence-electron chi connectivity index (χ0n) is 30.2. The van der Waals surface area contributed by atoms with Crippen LogP contribution in [0.4, 0.5) is 32.2 Å². The molecule has 2 aliphatic rings. The van der Waals surface area contributed by atoms with Crippen LogP contribution in [-0.4, -0.2) is 69.8 Å². The Kier molecular flexibility index (Phi) is 9.85. The second-order valence-electron chi connectivity index (χ2n) is 13.8. The number of carbonyl (C=O) groups excluding carboxylic acids is 1. The summed E-state index contributed by atoms with van der Waals surface area (Å²) in [6.07, 6.45) is -1.23. The average Bonchev–Trinajstić information content (AvgIpc) is 3.94. The van der Waals surface area contributed by atoms with Crippen molar-refractivity contribution in [2.75, 3.05) is 24.6 Å². The number of hydrogen-bond donors (Lipinski definition) is 4. The van der Waals surface area contributed by atoms with E-state index in [1.807, 2.05) is 13.2 Å². The first-order valence-corrected chi connectivity index (χ1v) is 19.3. The lowest BCUT2D eigenvalue weighted by atomic mass is 9.94. The molecule has 21 heteroatoms. The minimum absolute atomic E-state index is 0.101. The van der Waals surface area contributed by atoms with Gasteiger partial charge in [-0.25, -0.2) is 33.0 Å². The third kappa shape index (κ3) is 7.26. The van der Waals surface area contributed by atoms with Crippen LogP contribution in [0, 0.1) is 11.6 Å². The molecule has 0 spiro atoms. The third-order valence-corrected chi connectivity index (χ3v) is 10.6. The first-order valence-electron chi connectivity index (χ1n) is 17.4. The Labute approximate surface area is 327 Å². The summed E-state index contributed by atoms with van der Waals surface area (Å²) >= 11 is 5.16. The number of alkyl halides is 4. The molecular weight excluding hydrogens is 800 g/mol. The summed E-state index contributed by atoms with van der Waals surface area (Å²) in [6, 6.07) is 6.59. The molecule has 5 heterocycles. The van der Waals surface area contributed by atoms with Crippen molar-refractivity contribution >= 4 is 62.3 Å². The van der Waals surface area contributed by atoms with Gasteiger partial charge in [-0.2, -0.15) is 23.7 Å². The SMILES string of the molecule is CN1C=C(c2nc3nc(C(Cc4cc(F)cc(F)c4)NC(=O)Cn4nc(C(F)F)c5c4C(F)(F)CC5)c(-c4ccc(Cl)c5c(N[S+](C)[O-])nn(C)c45)cc3[nH]2)CN1. The van der Waals surface area contributed by atoms with Crippen LogP contribution in [0.5, 0.6) is 0 Å². The van der Waals surface area contributed by atoms with Crippen molar-refractivity contribution in [3.63, 3.8) is 0 Å². The molecular formula is C36H32ClF6N11O2S. The smallest absolute Gasteiger partial charge is 0.290 e. The van der Waals surface area contributed by atoms with Crippen molar-refractivity contribution in [1.82, 2.24) is 50.3 Å².